The maximum atomic E-state index is 12.8. The number of rotatable bonds is 5. The lowest BCUT2D eigenvalue weighted by Crippen LogP contribution is -2.26. The molecule has 0 aliphatic carbocycles. The summed E-state index contributed by atoms with van der Waals surface area (Å²) in [6.07, 6.45) is 0.800. The highest BCUT2D eigenvalue weighted by atomic mass is 16.2. The molecule has 26 heavy (non-hydrogen) atoms. The minimum Gasteiger partial charge on any atom is -0.316 e. The average molecular weight is 352 g/mol. The maximum absolute atomic E-state index is 12.8. The zero-order chi connectivity index (χ0) is 18.8. The van der Waals surface area contributed by atoms with Gasteiger partial charge in [0.1, 0.15) is 11.9 Å². The van der Waals surface area contributed by atoms with Gasteiger partial charge in [-0.3, -0.25) is 10.1 Å². The molecule has 2 aromatic heterocycles. The summed E-state index contributed by atoms with van der Waals surface area (Å²) in [5.74, 6) is 1.37. The molecule has 0 aliphatic heterocycles. The fourth-order valence-corrected chi connectivity index (χ4v) is 2.88. The molecule has 136 valence electrons. The van der Waals surface area contributed by atoms with Crippen LogP contribution < -0.4 is 5.32 Å². The number of amides is 1. The molecule has 2 heterocycles. The molecule has 0 bridgehead atoms. The van der Waals surface area contributed by atoms with Crippen LogP contribution in [0.1, 0.15) is 44.0 Å². The van der Waals surface area contributed by atoms with E-state index in [1.54, 1.807) is 0 Å². The Morgan fingerprint density at radius 2 is 1.81 bits per heavy atom. The van der Waals surface area contributed by atoms with E-state index < -0.39 is 6.04 Å². The molecule has 0 spiro atoms. The Morgan fingerprint density at radius 3 is 2.50 bits per heavy atom. The first-order chi connectivity index (χ1) is 12.4. The van der Waals surface area contributed by atoms with Crippen LogP contribution in [0.3, 0.4) is 0 Å². The molecular weight excluding hydrogens is 328 g/mol. The van der Waals surface area contributed by atoms with Crippen molar-refractivity contribution in [3.63, 3.8) is 0 Å². The monoisotopic (exact) mass is 352 g/mol. The van der Waals surface area contributed by atoms with Crippen LogP contribution in [-0.4, -0.2) is 30.6 Å². The Kier molecular flexibility index (Phi) is 4.97. The standard InChI is InChI=1S/C19H24N6O/c1-11(2)10-17-21-15-8-6-7-9-16(15)25(17)14(5)18(26)22-19-20-12(3)13(4)23-24-19/h6-9,11,14H,10H2,1-5H3,(H,20,22,24,26). The average Bonchev–Trinajstić information content (AvgIpc) is 2.94. The van der Waals surface area contributed by atoms with E-state index in [4.69, 9.17) is 4.98 Å². The van der Waals surface area contributed by atoms with Gasteiger partial charge >= 0.3 is 0 Å². The fourth-order valence-electron chi connectivity index (χ4n) is 2.88. The summed E-state index contributed by atoms with van der Waals surface area (Å²) in [6, 6.07) is 7.43. The lowest BCUT2D eigenvalue weighted by molar-refractivity contribution is -0.118. The summed E-state index contributed by atoms with van der Waals surface area (Å²) in [4.78, 5) is 21.8. The Morgan fingerprint density at radius 1 is 1.08 bits per heavy atom. The van der Waals surface area contributed by atoms with Crippen molar-refractivity contribution in [2.75, 3.05) is 5.32 Å². The predicted octanol–water partition coefficient (Wildman–Crippen LogP) is 3.24. The molecule has 7 nitrogen and oxygen atoms in total. The van der Waals surface area contributed by atoms with E-state index in [2.05, 4.69) is 34.3 Å². The highest BCUT2D eigenvalue weighted by Crippen LogP contribution is 2.23. The molecule has 1 aromatic carbocycles. The van der Waals surface area contributed by atoms with Gasteiger partial charge in [-0.05, 0) is 38.8 Å². The first-order valence-electron chi connectivity index (χ1n) is 8.81. The van der Waals surface area contributed by atoms with E-state index in [0.29, 0.717) is 5.92 Å². The predicted molar refractivity (Wildman–Crippen MR) is 101 cm³/mol. The number of imidazole rings is 1. The van der Waals surface area contributed by atoms with E-state index in [1.807, 2.05) is 49.6 Å². The normalized spacial score (nSPS) is 12.5. The summed E-state index contributed by atoms with van der Waals surface area (Å²) < 4.78 is 2.00. The van der Waals surface area contributed by atoms with Gasteiger partial charge < -0.3 is 4.57 Å². The fraction of sp³-hybridized carbons (Fsp3) is 0.421. The Balaban J connectivity index is 1.93. The summed E-state index contributed by atoms with van der Waals surface area (Å²) in [7, 11) is 0. The van der Waals surface area contributed by atoms with Gasteiger partial charge in [0.05, 0.1) is 22.4 Å². The van der Waals surface area contributed by atoms with Gasteiger partial charge in [-0.2, -0.15) is 5.10 Å². The summed E-state index contributed by atoms with van der Waals surface area (Å²) in [5, 5.41) is 10.7. The van der Waals surface area contributed by atoms with Crippen molar-refractivity contribution < 1.29 is 4.79 Å². The number of para-hydroxylation sites is 2. The Hall–Kier alpha value is -2.83. The number of benzene rings is 1. The largest absolute Gasteiger partial charge is 0.316 e. The van der Waals surface area contributed by atoms with E-state index >= 15 is 0 Å². The molecule has 7 heteroatoms. The second-order valence-corrected chi connectivity index (χ2v) is 6.96. The van der Waals surface area contributed by atoms with Crippen molar-refractivity contribution in [2.45, 2.75) is 47.1 Å². The third-order valence-electron chi connectivity index (χ3n) is 4.35. The van der Waals surface area contributed by atoms with Crippen molar-refractivity contribution >= 4 is 22.9 Å². The van der Waals surface area contributed by atoms with Gasteiger partial charge in [-0.15, -0.1) is 5.10 Å². The number of nitrogens with zero attached hydrogens (tertiary/aromatic N) is 5. The van der Waals surface area contributed by atoms with Crippen LogP contribution in [0.15, 0.2) is 24.3 Å². The van der Waals surface area contributed by atoms with Crippen LogP contribution in [0, 0.1) is 19.8 Å². The quantitative estimate of drug-likeness (QED) is 0.762. The zero-order valence-electron chi connectivity index (χ0n) is 15.8. The second kappa shape index (κ2) is 7.19. The summed E-state index contributed by atoms with van der Waals surface area (Å²) in [6.45, 7) is 9.82. The van der Waals surface area contributed by atoms with Crippen molar-refractivity contribution in [1.29, 1.82) is 0 Å². The number of anilines is 1. The lowest BCUT2D eigenvalue weighted by Gasteiger charge is -2.18. The number of aryl methyl sites for hydroxylation is 2. The van der Waals surface area contributed by atoms with Crippen LogP contribution in [-0.2, 0) is 11.2 Å². The van der Waals surface area contributed by atoms with E-state index in [1.165, 1.54) is 0 Å². The highest BCUT2D eigenvalue weighted by molar-refractivity contribution is 5.93. The number of carbonyl (C=O) groups excluding carboxylic acids is 1. The van der Waals surface area contributed by atoms with Gasteiger partial charge in [0.25, 0.3) is 0 Å². The molecule has 1 atom stereocenters. The van der Waals surface area contributed by atoms with Crippen molar-refractivity contribution in [3.8, 4) is 0 Å². The van der Waals surface area contributed by atoms with Crippen molar-refractivity contribution in [1.82, 2.24) is 24.7 Å². The van der Waals surface area contributed by atoms with Crippen LogP contribution in [0.5, 0.6) is 0 Å². The van der Waals surface area contributed by atoms with Crippen LogP contribution >= 0.6 is 0 Å². The van der Waals surface area contributed by atoms with Gasteiger partial charge in [-0.1, -0.05) is 26.0 Å². The third-order valence-corrected chi connectivity index (χ3v) is 4.35. The first kappa shape index (κ1) is 18.0. The van der Waals surface area contributed by atoms with Crippen molar-refractivity contribution in [2.24, 2.45) is 5.92 Å². The molecule has 0 saturated carbocycles. The number of nitrogens with one attached hydrogen (secondary N) is 1. The van der Waals surface area contributed by atoms with E-state index in [9.17, 15) is 4.79 Å². The minimum absolute atomic E-state index is 0.191. The highest BCUT2D eigenvalue weighted by Gasteiger charge is 2.22. The second-order valence-electron chi connectivity index (χ2n) is 6.96. The summed E-state index contributed by atoms with van der Waals surface area (Å²) in [5.41, 5.74) is 3.34. The zero-order valence-corrected chi connectivity index (χ0v) is 15.8. The molecule has 3 aromatic rings. The molecule has 1 amide bonds. The molecule has 0 saturated heterocycles. The number of fused-ring (bicyclic) bond motifs is 1. The van der Waals surface area contributed by atoms with Crippen molar-refractivity contribution in [3.05, 3.63) is 41.5 Å². The molecule has 0 aliphatic rings. The lowest BCUT2D eigenvalue weighted by atomic mass is 10.1. The summed E-state index contributed by atoms with van der Waals surface area (Å²) >= 11 is 0. The van der Waals surface area contributed by atoms with E-state index in [-0.39, 0.29) is 11.9 Å². The SMILES string of the molecule is Cc1nnc(NC(=O)C(C)n2c(CC(C)C)nc3ccccc32)nc1C. The smallest absolute Gasteiger partial charge is 0.249 e. The topological polar surface area (TPSA) is 85.6 Å². The molecule has 3 rings (SSSR count). The van der Waals surface area contributed by atoms with Gasteiger partial charge in [0.2, 0.25) is 11.9 Å². The maximum Gasteiger partial charge on any atom is 0.249 e. The van der Waals surface area contributed by atoms with Crippen LogP contribution in [0.25, 0.3) is 11.0 Å². The molecule has 1 unspecified atom stereocenters. The van der Waals surface area contributed by atoms with Crippen LogP contribution in [0.4, 0.5) is 5.95 Å². The molecule has 1 N–H and O–H groups in total. The minimum atomic E-state index is -0.443. The molecule has 0 radical (unpaired) electrons. The third kappa shape index (κ3) is 3.56. The van der Waals surface area contributed by atoms with Gasteiger partial charge in [0.15, 0.2) is 0 Å². The number of hydrogen-bond acceptors (Lipinski definition) is 5. The van der Waals surface area contributed by atoms with E-state index in [0.717, 1.165) is 34.7 Å². The number of carbonyl (C=O) groups is 1. The Labute approximate surface area is 152 Å². The first-order valence-corrected chi connectivity index (χ1v) is 8.81. The molecule has 0 fully saturated rings. The number of aromatic nitrogens is 5. The number of hydrogen-bond donors (Lipinski definition) is 1. The van der Waals surface area contributed by atoms with Crippen LogP contribution in [0.2, 0.25) is 0 Å². The van der Waals surface area contributed by atoms with Gasteiger partial charge in [0, 0.05) is 6.42 Å². The Bertz CT molecular complexity index is 946. The molecular formula is C19H24N6O. The van der Waals surface area contributed by atoms with Gasteiger partial charge in [-0.25, -0.2) is 9.97 Å².